The quantitative estimate of drug-likeness (QED) is 0.0978. The molecule has 17 nitrogen and oxygen atoms in total. The van der Waals surface area contributed by atoms with Crippen molar-refractivity contribution in [3.8, 4) is 11.5 Å². The number of hydrogen-bond donors (Lipinski definition) is 4. The lowest BCUT2D eigenvalue weighted by molar-refractivity contribution is -0.142. The molecule has 0 unspecified atom stereocenters. The van der Waals surface area contributed by atoms with Gasteiger partial charge in [-0.3, -0.25) is 4.79 Å². The number of aliphatic hydroxyl groups is 2. The molecule has 0 saturated carbocycles. The average molecular weight is 1010 g/mol. The van der Waals surface area contributed by atoms with Gasteiger partial charge >= 0.3 is 5.97 Å². The van der Waals surface area contributed by atoms with Gasteiger partial charge in [0.25, 0.3) is 0 Å². The van der Waals surface area contributed by atoms with Crippen LogP contribution < -0.4 is 14.8 Å². The van der Waals surface area contributed by atoms with Crippen molar-refractivity contribution in [3.05, 3.63) is 91.3 Å². The van der Waals surface area contributed by atoms with Gasteiger partial charge in [-0.05, 0) is 136 Å². The van der Waals surface area contributed by atoms with Gasteiger partial charge in [0.15, 0.2) is 0 Å². The molecule has 2 aliphatic heterocycles. The molecule has 372 valence electrons. The number of amides is 1. The number of thiophene rings is 2. The maximum absolute atomic E-state index is 13.0. The first-order valence-electron chi connectivity index (χ1n) is 21.7. The van der Waals surface area contributed by atoms with Crippen LogP contribution in [0.15, 0.2) is 69.1 Å². The highest BCUT2D eigenvalue weighted by molar-refractivity contribution is 7.89. The molecule has 67 heavy (non-hydrogen) atoms. The van der Waals surface area contributed by atoms with Gasteiger partial charge < -0.3 is 44.5 Å². The predicted octanol–water partition coefficient (Wildman–Crippen LogP) is 4.87. The summed E-state index contributed by atoms with van der Waals surface area (Å²) < 4.78 is 74.4. The summed E-state index contributed by atoms with van der Waals surface area (Å²) >= 11 is 3.17. The number of likely N-dealkylation sites (N-methyl/N-ethyl adjacent to an activating group) is 2. The highest BCUT2D eigenvalue weighted by Crippen LogP contribution is 2.36. The second-order valence-electron chi connectivity index (χ2n) is 16.5. The molecule has 2 aromatic carbocycles. The van der Waals surface area contributed by atoms with E-state index in [1.54, 1.807) is 75.3 Å². The molecule has 6 rings (SSSR count). The number of carboxylic acids is 1. The molecule has 4 heterocycles. The summed E-state index contributed by atoms with van der Waals surface area (Å²) in [5, 5.41) is 36.7. The molecule has 4 N–H and O–H groups in total. The summed E-state index contributed by atoms with van der Waals surface area (Å²) in [4.78, 5) is 27.0. The predicted molar refractivity (Wildman–Crippen MR) is 258 cm³/mol. The van der Waals surface area contributed by atoms with Crippen LogP contribution in [0.5, 0.6) is 11.5 Å². The third-order valence-corrected chi connectivity index (χ3v) is 18.0. The highest BCUT2D eigenvalue weighted by atomic mass is 32.2. The Morgan fingerprint density at radius 3 is 1.43 bits per heavy atom. The Morgan fingerprint density at radius 1 is 0.687 bits per heavy atom. The molecule has 0 bridgehead atoms. The first-order chi connectivity index (χ1) is 31.6. The first-order valence-corrected chi connectivity index (χ1v) is 26.3. The Morgan fingerprint density at radius 2 is 1.07 bits per heavy atom. The number of aliphatic carboxylic acids is 1. The number of rotatable bonds is 18. The maximum Gasteiger partial charge on any atom is 0.329 e. The number of benzene rings is 2. The molecule has 2 aliphatic rings. The Hall–Kier alpha value is -4.00. The Bertz CT molecular complexity index is 2390. The van der Waals surface area contributed by atoms with Crippen molar-refractivity contribution < 1.29 is 60.7 Å². The fourth-order valence-electron chi connectivity index (χ4n) is 7.76. The van der Waals surface area contributed by atoms with Crippen LogP contribution in [0.3, 0.4) is 0 Å². The fraction of sp³-hybridized carbons (Fsp3) is 0.522. The smallest absolute Gasteiger partial charge is 0.329 e. The fourth-order valence-corrected chi connectivity index (χ4v) is 12.7. The number of sulfonamides is 2. The van der Waals surface area contributed by atoms with Crippen molar-refractivity contribution in [3.63, 3.8) is 0 Å². The number of carbonyl (C=O) groups is 2. The van der Waals surface area contributed by atoms with Crippen LogP contribution in [0, 0.1) is 27.7 Å². The summed E-state index contributed by atoms with van der Waals surface area (Å²) in [6, 6.07) is 14.6. The van der Waals surface area contributed by atoms with E-state index in [1.165, 1.54) is 36.8 Å². The number of nitrogens with zero attached hydrogens (tertiary/aromatic N) is 3. The standard InChI is InChI=1S/C23H32N2O6S2.C14H21NO6S.C9H13NOS/c1-17-14-19(30-4)15-18(2)22(17)33(28,29)24(3)11-12-31-16-21(26)25-9-7-23(27,8-10-25)20-6-5-13-32-20;1-10-7-12(20-4)8-11(2)14(10)22(18,19)15(3)5-6-21-9-13(16)17;11-9(3-5-10-6-4-9)8-2-1-7-12-8/h5-6,13-15,27H,7-12,16H2,1-4H3;7-8H,5-6,9H2,1-4H3,(H,16,17);1-2,7,10-11H,3-6H2. The zero-order valence-corrected chi connectivity index (χ0v) is 42.8. The number of aryl methyl sites for hydroxylation is 4. The lowest BCUT2D eigenvalue weighted by atomic mass is 9.90. The summed E-state index contributed by atoms with van der Waals surface area (Å²) in [6.07, 6.45) is 2.66. The van der Waals surface area contributed by atoms with Gasteiger partial charge in [-0.25, -0.2) is 21.6 Å². The summed E-state index contributed by atoms with van der Waals surface area (Å²) in [5.41, 5.74) is 0.995. The van der Waals surface area contributed by atoms with Gasteiger partial charge in [0.1, 0.15) is 35.9 Å². The van der Waals surface area contributed by atoms with Crippen LogP contribution in [-0.2, 0) is 50.3 Å². The van der Waals surface area contributed by atoms with E-state index in [4.69, 9.17) is 24.1 Å². The Kier molecular flexibility index (Phi) is 20.8. The van der Waals surface area contributed by atoms with E-state index >= 15 is 0 Å². The number of piperidine rings is 2. The number of ether oxygens (including phenoxy) is 4. The van der Waals surface area contributed by atoms with Gasteiger partial charge in [0, 0.05) is 50.0 Å². The molecule has 21 heteroatoms. The normalized spacial score (nSPS) is 15.9. The molecule has 0 spiro atoms. The maximum atomic E-state index is 13.0. The van der Waals surface area contributed by atoms with E-state index < -0.39 is 43.8 Å². The number of hydrogen-bond acceptors (Lipinski definition) is 15. The largest absolute Gasteiger partial charge is 0.497 e. The zero-order chi connectivity index (χ0) is 49.6. The van der Waals surface area contributed by atoms with Crippen molar-refractivity contribution in [2.75, 3.05) is 94.0 Å². The number of methoxy groups -OCH3 is 2. The van der Waals surface area contributed by atoms with Crippen LogP contribution in [0.25, 0.3) is 0 Å². The number of likely N-dealkylation sites (tertiary alicyclic amines) is 1. The molecule has 4 aromatic rings. The summed E-state index contributed by atoms with van der Waals surface area (Å²) in [6.45, 7) is 9.39. The van der Waals surface area contributed by atoms with Crippen LogP contribution in [-0.4, -0.2) is 152 Å². The molecule has 0 aliphatic carbocycles. The van der Waals surface area contributed by atoms with Crippen molar-refractivity contribution in [2.24, 2.45) is 0 Å². The lowest BCUT2D eigenvalue weighted by Crippen LogP contribution is -2.46. The van der Waals surface area contributed by atoms with E-state index in [0.717, 1.165) is 40.0 Å². The van der Waals surface area contributed by atoms with Crippen molar-refractivity contribution in [1.29, 1.82) is 0 Å². The molecule has 0 radical (unpaired) electrons. The van der Waals surface area contributed by atoms with Crippen LogP contribution >= 0.6 is 22.7 Å². The molecular formula is C46H66N4O13S4. The summed E-state index contributed by atoms with van der Waals surface area (Å²) in [7, 11) is -1.38. The average Bonchev–Trinajstić information content (AvgIpc) is 4.04. The van der Waals surface area contributed by atoms with E-state index in [0.29, 0.717) is 59.7 Å². The topological polar surface area (TPSA) is 222 Å². The van der Waals surface area contributed by atoms with Crippen LogP contribution in [0.2, 0.25) is 0 Å². The third kappa shape index (κ3) is 15.0. The van der Waals surface area contributed by atoms with Gasteiger partial charge in [0.2, 0.25) is 26.0 Å². The van der Waals surface area contributed by atoms with Gasteiger partial charge in [0.05, 0.1) is 37.2 Å². The van der Waals surface area contributed by atoms with Crippen LogP contribution in [0.4, 0.5) is 0 Å². The molecule has 2 fully saturated rings. The van der Waals surface area contributed by atoms with Gasteiger partial charge in [-0.1, -0.05) is 12.1 Å². The highest BCUT2D eigenvalue weighted by Gasteiger charge is 2.36. The minimum Gasteiger partial charge on any atom is -0.497 e. The first kappa shape index (κ1) is 55.6. The minimum atomic E-state index is -3.71. The number of carbonyl (C=O) groups excluding carboxylic acids is 1. The minimum absolute atomic E-state index is 0.0102. The van der Waals surface area contributed by atoms with E-state index in [-0.39, 0.29) is 48.6 Å². The molecule has 0 atom stereocenters. The zero-order valence-electron chi connectivity index (χ0n) is 39.6. The molecule has 2 saturated heterocycles. The second-order valence-corrected chi connectivity index (χ2v) is 22.3. The van der Waals surface area contributed by atoms with E-state index in [1.807, 2.05) is 35.0 Å². The number of carboxylic acid groups (broad SMARTS) is 1. The van der Waals surface area contributed by atoms with E-state index in [9.17, 15) is 36.6 Å². The third-order valence-electron chi connectivity index (χ3n) is 11.6. The Labute approximate surface area is 403 Å². The number of nitrogens with one attached hydrogen (secondary N) is 1. The van der Waals surface area contributed by atoms with Gasteiger partial charge in [-0.15, -0.1) is 22.7 Å². The molecule has 2 aromatic heterocycles. The Balaban J connectivity index is 0.000000246. The summed E-state index contributed by atoms with van der Waals surface area (Å²) in [5.74, 6) is -0.0377. The SMILES string of the molecule is COc1cc(C)c(S(=O)(=O)N(C)CCOCC(=O)N2CCC(O)(c3cccs3)CC2)c(C)c1.COc1cc(C)c(S(=O)(=O)N(C)CCOCC(=O)O)c(C)c1.OC1(c2cccs2)CCNCC1. The van der Waals surface area contributed by atoms with Crippen molar-refractivity contribution in [2.45, 2.75) is 74.4 Å². The monoisotopic (exact) mass is 1010 g/mol. The van der Waals surface area contributed by atoms with E-state index in [2.05, 4.69) is 5.32 Å². The molecular weight excluding hydrogens is 945 g/mol. The van der Waals surface area contributed by atoms with Crippen molar-refractivity contribution in [1.82, 2.24) is 18.8 Å². The molecule has 1 amide bonds. The van der Waals surface area contributed by atoms with Crippen molar-refractivity contribution >= 4 is 54.6 Å². The lowest BCUT2D eigenvalue weighted by Gasteiger charge is -2.37. The second kappa shape index (κ2) is 25.0. The van der Waals surface area contributed by atoms with Crippen LogP contribution in [0.1, 0.15) is 57.7 Å². The van der Waals surface area contributed by atoms with Gasteiger partial charge in [-0.2, -0.15) is 8.61 Å².